The van der Waals surface area contributed by atoms with Crippen LogP contribution < -0.4 is 10.6 Å². The molecule has 1 heterocycles. The van der Waals surface area contributed by atoms with E-state index in [0.29, 0.717) is 6.54 Å². The molecular formula is C16H21ClN4S. The highest BCUT2D eigenvalue weighted by atomic mass is 35.5. The van der Waals surface area contributed by atoms with Gasteiger partial charge in [-0.2, -0.15) is 0 Å². The summed E-state index contributed by atoms with van der Waals surface area (Å²) in [6.45, 7) is 3.60. The van der Waals surface area contributed by atoms with E-state index in [2.05, 4.69) is 27.5 Å². The largest absolute Gasteiger partial charge is 0.356 e. The molecule has 2 aromatic rings. The molecule has 0 amide bonds. The number of aromatic nitrogens is 1. The van der Waals surface area contributed by atoms with E-state index in [1.807, 2.05) is 30.5 Å². The number of nitrogens with one attached hydrogen (secondary N) is 2. The van der Waals surface area contributed by atoms with E-state index in [4.69, 9.17) is 11.6 Å². The molecule has 0 bridgehead atoms. The first-order chi connectivity index (χ1) is 10.7. The van der Waals surface area contributed by atoms with Gasteiger partial charge in [-0.3, -0.25) is 4.99 Å². The maximum atomic E-state index is 6.14. The summed E-state index contributed by atoms with van der Waals surface area (Å²) in [5.74, 6) is 0.771. The van der Waals surface area contributed by atoms with E-state index >= 15 is 0 Å². The lowest BCUT2D eigenvalue weighted by molar-refractivity contribution is 0.792. The Bertz CT molecular complexity index is 624. The van der Waals surface area contributed by atoms with Crippen molar-refractivity contribution in [3.63, 3.8) is 0 Å². The van der Waals surface area contributed by atoms with Crippen LogP contribution in [0, 0.1) is 0 Å². The highest BCUT2D eigenvalue weighted by Gasteiger charge is 2.03. The van der Waals surface area contributed by atoms with E-state index < -0.39 is 0 Å². The van der Waals surface area contributed by atoms with Crippen LogP contribution in [0.5, 0.6) is 0 Å². The Balaban J connectivity index is 1.77. The number of hydrogen-bond acceptors (Lipinski definition) is 3. The molecule has 6 heteroatoms. The number of thiazole rings is 1. The zero-order valence-electron chi connectivity index (χ0n) is 12.9. The minimum Gasteiger partial charge on any atom is -0.356 e. The molecule has 0 radical (unpaired) electrons. The van der Waals surface area contributed by atoms with Gasteiger partial charge in [-0.25, -0.2) is 4.98 Å². The molecule has 0 aliphatic carbocycles. The van der Waals surface area contributed by atoms with Crippen LogP contribution in [0.4, 0.5) is 0 Å². The topological polar surface area (TPSA) is 49.3 Å². The number of aryl methyl sites for hydroxylation is 1. The van der Waals surface area contributed by atoms with Gasteiger partial charge in [-0.15, -0.1) is 11.3 Å². The van der Waals surface area contributed by atoms with Crippen LogP contribution in [-0.4, -0.2) is 24.5 Å². The van der Waals surface area contributed by atoms with E-state index in [1.165, 1.54) is 4.88 Å². The van der Waals surface area contributed by atoms with E-state index in [1.54, 1.807) is 18.4 Å². The van der Waals surface area contributed by atoms with Crippen LogP contribution in [0.2, 0.25) is 5.02 Å². The third kappa shape index (κ3) is 5.00. The van der Waals surface area contributed by atoms with E-state index in [-0.39, 0.29) is 0 Å². The summed E-state index contributed by atoms with van der Waals surface area (Å²) < 4.78 is 0. The van der Waals surface area contributed by atoms with Gasteiger partial charge in [0.1, 0.15) is 0 Å². The van der Waals surface area contributed by atoms with Crippen molar-refractivity contribution in [2.45, 2.75) is 26.3 Å². The normalized spacial score (nSPS) is 11.5. The van der Waals surface area contributed by atoms with Gasteiger partial charge in [-0.05, 0) is 18.1 Å². The molecule has 0 atom stereocenters. The average molecular weight is 337 g/mol. The molecule has 0 saturated heterocycles. The maximum Gasteiger partial charge on any atom is 0.191 e. The molecule has 1 aromatic heterocycles. The third-order valence-electron chi connectivity index (χ3n) is 3.21. The summed E-state index contributed by atoms with van der Waals surface area (Å²) in [5.41, 5.74) is 1.06. The molecule has 2 N–H and O–H groups in total. The third-order valence-corrected chi connectivity index (χ3v) is 4.78. The summed E-state index contributed by atoms with van der Waals surface area (Å²) >= 11 is 7.92. The van der Waals surface area contributed by atoms with Crippen molar-refractivity contribution in [2.75, 3.05) is 13.6 Å². The SMILES string of the molecule is CCc1cnc(CCNC(=NC)NCc2ccccc2Cl)s1. The van der Waals surface area contributed by atoms with E-state index in [9.17, 15) is 0 Å². The lowest BCUT2D eigenvalue weighted by atomic mass is 10.2. The number of benzene rings is 1. The maximum absolute atomic E-state index is 6.14. The number of hydrogen-bond donors (Lipinski definition) is 2. The standard InChI is InChI=1S/C16H21ClN4S/c1-3-13-11-20-15(22-13)8-9-19-16(18-2)21-10-12-6-4-5-7-14(12)17/h4-7,11H,3,8-10H2,1-2H3,(H2,18,19,21). The second-order valence-corrected chi connectivity index (χ2v) is 6.37. The Hall–Kier alpha value is -1.59. The second kappa shape index (κ2) is 8.76. The Morgan fingerprint density at radius 1 is 1.32 bits per heavy atom. The summed E-state index contributed by atoms with van der Waals surface area (Å²) in [6, 6.07) is 7.80. The van der Waals surface area contributed by atoms with Gasteiger partial charge in [0.25, 0.3) is 0 Å². The molecule has 0 spiro atoms. The molecule has 118 valence electrons. The minimum absolute atomic E-state index is 0.649. The second-order valence-electron chi connectivity index (χ2n) is 4.77. The fraction of sp³-hybridized carbons (Fsp3) is 0.375. The lowest BCUT2D eigenvalue weighted by Gasteiger charge is -2.12. The molecule has 0 saturated carbocycles. The smallest absolute Gasteiger partial charge is 0.191 e. The Kier molecular flexibility index (Phi) is 6.68. The van der Waals surface area contributed by atoms with Crippen molar-refractivity contribution in [1.29, 1.82) is 0 Å². The molecule has 0 aliphatic rings. The van der Waals surface area contributed by atoms with Gasteiger partial charge in [0.15, 0.2) is 5.96 Å². The summed E-state index contributed by atoms with van der Waals surface area (Å²) in [7, 11) is 1.76. The quantitative estimate of drug-likeness (QED) is 0.628. The molecule has 2 rings (SSSR count). The van der Waals surface area contributed by atoms with Gasteiger partial charge >= 0.3 is 0 Å². The first-order valence-electron chi connectivity index (χ1n) is 7.34. The minimum atomic E-state index is 0.649. The Morgan fingerprint density at radius 3 is 2.82 bits per heavy atom. The number of guanidine groups is 1. The van der Waals surface area contributed by atoms with Gasteiger partial charge in [0, 0.05) is 42.7 Å². The first kappa shape index (κ1) is 16.8. The van der Waals surface area contributed by atoms with Crippen LogP contribution in [0.1, 0.15) is 22.4 Å². The number of aliphatic imine (C=N–C) groups is 1. The van der Waals surface area contributed by atoms with Gasteiger partial charge in [-0.1, -0.05) is 36.7 Å². The molecule has 1 aromatic carbocycles. The zero-order valence-corrected chi connectivity index (χ0v) is 14.5. The summed E-state index contributed by atoms with van der Waals surface area (Å²) in [4.78, 5) is 9.97. The molecule has 22 heavy (non-hydrogen) atoms. The Labute approximate surface area is 140 Å². The van der Waals surface area contributed by atoms with Crippen molar-refractivity contribution in [2.24, 2.45) is 4.99 Å². The highest BCUT2D eigenvalue weighted by molar-refractivity contribution is 7.11. The molecule has 0 fully saturated rings. The van der Waals surface area contributed by atoms with Crippen LogP contribution in [0.3, 0.4) is 0 Å². The van der Waals surface area contributed by atoms with Gasteiger partial charge in [0.05, 0.1) is 5.01 Å². The van der Waals surface area contributed by atoms with E-state index in [0.717, 1.165) is 40.9 Å². The van der Waals surface area contributed by atoms with Crippen LogP contribution in [0.25, 0.3) is 0 Å². The molecule has 4 nitrogen and oxygen atoms in total. The molecular weight excluding hydrogens is 316 g/mol. The Morgan fingerprint density at radius 2 is 2.14 bits per heavy atom. The first-order valence-corrected chi connectivity index (χ1v) is 8.54. The zero-order chi connectivity index (χ0) is 15.8. The molecule has 0 aliphatic heterocycles. The number of rotatable bonds is 6. The van der Waals surface area contributed by atoms with Crippen LogP contribution >= 0.6 is 22.9 Å². The van der Waals surface area contributed by atoms with Crippen LogP contribution in [-0.2, 0) is 19.4 Å². The van der Waals surface area contributed by atoms with Crippen molar-refractivity contribution < 1.29 is 0 Å². The van der Waals surface area contributed by atoms with Crippen molar-refractivity contribution in [3.05, 3.63) is 50.9 Å². The highest BCUT2D eigenvalue weighted by Crippen LogP contribution is 2.14. The van der Waals surface area contributed by atoms with Crippen molar-refractivity contribution in [3.8, 4) is 0 Å². The monoisotopic (exact) mass is 336 g/mol. The predicted molar refractivity (Wildman–Crippen MR) is 94.8 cm³/mol. The fourth-order valence-corrected chi connectivity index (χ4v) is 3.02. The number of nitrogens with zero attached hydrogens (tertiary/aromatic N) is 2. The van der Waals surface area contributed by atoms with Crippen molar-refractivity contribution >= 4 is 28.9 Å². The predicted octanol–water partition coefficient (Wildman–Crippen LogP) is 3.27. The fourth-order valence-electron chi connectivity index (χ4n) is 1.96. The number of halogens is 1. The van der Waals surface area contributed by atoms with Crippen LogP contribution in [0.15, 0.2) is 35.5 Å². The lowest BCUT2D eigenvalue weighted by Crippen LogP contribution is -2.37. The van der Waals surface area contributed by atoms with Gasteiger partial charge in [0.2, 0.25) is 0 Å². The summed E-state index contributed by atoms with van der Waals surface area (Å²) in [6.07, 6.45) is 3.91. The van der Waals surface area contributed by atoms with Gasteiger partial charge < -0.3 is 10.6 Å². The average Bonchev–Trinajstić information content (AvgIpc) is 3.00. The molecule has 0 unspecified atom stereocenters. The van der Waals surface area contributed by atoms with Crippen molar-refractivity contribution in [1.82, 2.24) is 15.6 Å². The summed E-state index contributed by atoms with van der Waals surface area (Å²) in [5, 5.41) is 8.49.